The van der Waals surface area contributed by atoms with Crippen molar-refractivity contribution in [3.63, 3.8) is 0 Å². The summed E-state index contributed by atoms with van der Waals surface area (Å²) in [5.41, 5.74) is 6.05. The third-order valence-corrected chi connectivity index (χ3v) is 5.60. The van der Waals surface area contributed by atoms with Crippen LogP contribution in [0.4, 0.5) is 5.69 Å². The highest BCUT2D eigenvalue weighted by Crippen LogP contribution is 2.45. The first-order chi connectivity index (χ1) is 10.7. The number of benzene rings is 1. The summed E-state index contributed by atoms with van der Waals surface area (Å²) in [4.78, 5) is 12.7. The van der Waals surface area contributed by atoms with Gasteiger partial charge in [-0.2, -0.15) is 5.10 Å². The molecule has 23 heavy (non-hydrogen) atoms. The Bertz CT molecular complexity index is 786. The van der Waals surface area contributed by atoms with E-state index in [1.54, 1.807) is 4.68 Å². The summed E-state index contributed by atoms with van der Waals surface area (Å²) >= 11 is 0. The van der Waals surface area contributed by atoms with E-state index in [0.29, 0.717) is 11.5 Å². The molecule has 1 aromatic carbocycles. The molecule has 0 radical (unpaired) electrons. The summed E-state index contributed by atoms with van der Waals surface area (Å²) in [6, 6.07) is 6.23. The van der Waals surface area contributed by atoms with Crippen molar-refractivity contribution in [3.8, 4) is 0 Å². The number of amides is 1. The van der Waals surface area contributed by atoms with Crippen molar-refractivity contribution in [1.82, 2.24) is 9.78 Å². The summed E-state index contributed by atoms with van der Waals surface area (Å²) in [7, 11) is 1.86. The molecule has 4 nitrogen and oxygen atoms in total. The van der Waals surface area contributed by atoms with Crippen molar-refractivity contribution >= 4 is 11.6 Å². The first-order valence-electron chi connectivity index (χ1n) is 8.17. The van der Waals surface area contributed by atoms with E-state index in [2.05, 4.69) is 37.3 Å². The number of aryl methyl sites for hydroxylation is 2. The number of fused-ring (bicyclic) bond motifs is 1. The lowest BCUT2D eigenvalue weighted by atomic mass is 9.80. The summed E-state index contributed by atoms with van der Waals surface area (Å²) in [6.07, 6.45) is 1.00. The average Bonchev–Trinajstić information content (AvgIpc) is 2.86. The Labute approximate surface area is 137 Å². The van der Waals surface area contributed by atoms with Crippen LogP contribution in [0.25, 0.3) is 0 Å². The lowest BCUT2D eigenvalue weighted by Crippen LogP contribution is -2.21. The van der Waals surface area contributed by atoms with Crippen molar-refractivity contribution in [3.05, 3.63) is 46.3 Å². The van der Waals surface area contributed by atoms with Crippen LogP contribution in [-0.2, 0) is 18.9 Å². The summed E-state index contributed by atoms with van der Waals surface area (Å²) < 4.78 is 1.75. The summed E-state index contributed by atoms with van der Waals surface area (Å²) in [5, 5.41) is 7.46. The molecule has 122 valence electrons. The lowest BCUT2D eigenvalue weighted by Gasteiger charge is -2.25. The predicted octanol–water partition coefficient (Wildman–Crippen LogP) is 3.76. The second-order valence-corrected chi connectivity index (χ2v) is 7.28. The van der Waals surface area contributed by atoms with Crippen LogP contribution in [0.5, 0.6) is 0 Å². The Morgan fingerprint density at radius 3 is 2.65 bits per heavy atom. The van der Waals surface area contributed by atoms with Crippen molar-refractivity contribution in [1.29, 1.82) is 0 Å². The highest BCUT2D eigenvalue weighted by Gasteiger charge is 2.37. The lowest BCUT2D eigenvalue weighted by molar-refractivity contribution is 0.102. The van der Waals surface area contributed by atoms with Crippen LogP contribution in [0.15, 0.2) is 18.2 Å². The van der Waals surface area contributed by atoms with Gasteiger partial charge in [0.25, 0.3) is 5.91 Å². The quantitative estimate of drug-likeness (QED) is 0.918. The predicted molar refractivity (Wildman–Crippen MR) is 93.0 cm³/mol. The molecule has 0 fully saturated rings. The van der Waals surface area contributed by atoms with Gasteiger partial charge in [-0.15, -0.1) is 0 Å². The molecule has 0 aliphatic heterocycles. The fraction of sp³-hybridized carbons (Fsp3) is 0.474. The highest BCUT2D eigenvalue weighted by atomic mass is 16.1. The van der Waals surface area contributed by atoms with E-state index < -0.39 is 0 Å². The third-order valence-electron chi connectivity index (χ3n) is 5.60. The van der Waals surface area contributed by atoms with E-state index in [0.717, 1.165) is 23.5 Å². The molecule has 0 bridgehead atoms. The van der Waals surface area contributed by atoms with Gasteiger partial charge in [-0.1, -0.05) is 32.9 Å². The summed E-state index contributed by atoms with van der Waals surface area (Å²) in [5.74, 6) is 0.497. The maximum absolute atomic E-state index is 12.7. The standard InChI is InChI=1S/C19H25N3O/c1-11-10-14-15(19(11,4)5)8-7-9-16(14)20-18(23)17-12(2)21-22(6)13(17)3/h7-9,11H,10H2,1-6H3,(H,20,23). The van der Waals surface area contributed by atoms with Crippen LogP contribution >= 0.6 is 0 Å². The maximum atomic E-state index is 12.7. The molecule has 4 heteroatoms. The maximum Gasteiger partial charge on any atom is 0.259 e. The number of nitrogens with zero attached hydrogens (tertiary/aromatic N) is 2. The highest BCUT2D eigenvalue weighted by molar-refractivity contribution is 6.06. The van der Waals surface area contributed by atoms with Gasteiger partial charge in [0, 0.05) is 18.4 Å². The van der Waals surface area contributed by atoms with Crippen LogP contribution in [0.3, 0.4) is 0 Å². The van der Waals surface area contributed by atoms with Crippen molar-refractivity contribution in [2.45, 2.75) is 46.5 Å². The number of carbonyl (C=O) groups is 1. The fourth-order valence-electron chi connectivity index (χ4n) is 3.64. The minimum Gasteiger partial charge on any atom is -0.322 e. The SMILES string of the molecule is Cc1nn(C)c(C)c1C(=O)Nc1cccc2c1CC(C)C2(C)C. The van der Waals surface area contributed by atoms with Gasteiger partial charge in [0.15, 0.2) is 0 Å². The molecule has 0 saturated heterocycles. The molecule has 1 N–H and O–H groups in total. The van der Waals surface area contributed by atoms with Crippen LogP contribution < -0.4 is 5.32 Å². The number of rotatable bonds is 2. The number of nitrogens with one attached hydrogen (secondary N) is 1. The number of carbonyl (C=O) groups excluding carboxylic acids is 1. The van der Waals surface area contributed by atoms with Gasteiger partial charge in [-0.25, -0.2) is 0 Å². The minimum atomic E-state index is -0.0705. The molecule has 1 atom stereocenters. The molecule has 1 unspecified atom stereocenters. The van der Waals surface area contributed by atoms with E-state index >= 15 is 0 Å². The second-order valence-electron chi connectivity index (χ2n) is 7.28. The fourth-order valence-corrected chi connectivity index (χ4v) is 3.64. The van der Waals surface area contributed by atoms with Crippen molar-refractivity contribution in [2.75, 3.05) is 5.32 Å². The number of hydrogen-bond acceptors (Lipinski definition) is 2. The van der Waals surface area contributed by atoms with Gasteiger partial charge in [-0.05, 0) is 48.8 Å². The Kier molecular flexibility index (Phi) is 3.58. The number of aromatic nitrogens is 2. The van der Waals surface area contributed by atoms with Crippen LogP contribution in [0, 0.1) is 19.8 Å². The first kappa shape index (κ1) is 15.8. The number of anilines is 1. The zero-order valence-corrected chi connectivity index (χ0v) is 14.8. The first-order valence-corrected chi connectivity index (χ1v) is 8.17. The molecule has 2 aromatic rings. The topological polar surface area (TPSA) is 46.9 Å². The van der Waals surface area contributed by atoms with Crippen LogP contribution in [0.1, 0.15) is 53.6 Å². The van der Waals surface area contributed by atoms with E-state index in [4.69, 9.17) is 0 Å². The normalized spacial score (nSPS) is 18.8. The second kappa shape index (κ2) is 5.22. The van der Waals surface area contributed by atoms with Crippen LogP contribution in [-0.4, -0.2) is 15.7 Å². The van der Waals surface area contributed by atoms with Crippen LogP contribution in [0.2, 0.25) is 0 Å². The Hall–Kier alpha value is -2.10. The van der Waals surface area contributed by atoms with Gasteiger partial charge >= 0.3 is 0 Å². The molecular weight excluding hydrogens is 286 g/mol. The molecule has 1 aromatic heterocycles. The van der Waals surface area contributed by atoms with E-state index in [9.17, 15) is 4.79 Å². The molecule has 1 aliphatic rings. The molecule has 1 aliphatic carbocycles. The van der Waals surface area contributed by atoms with E-state index in [1.165, 1.54) is 11.1 Å². The van der Waals surface area contributed by atoms with E-state index in [-0.39, 0.29) is 11.3 Å². The zero-order chi connectivity index (χ0) is 16.9. The molecule has 1 amide bonds. The van der Waals surface area contributed by atoms with Gasteiger partial charge in [0.05, 0.1) is 11.3 Å². The molecule has 0 spiro atoms. The molecule has 1 heterocycles. The van der Waals surface area contributed by atoms with Gasteiger partial charge < -0.3 is 5.32 Å². The Balaban J connectivity index is 1.97. The molecular formula is C19H25N3O. The minimum absolute atomic E-state index is 0.0705. The van der Waals surface area contributed by atoms with Gasteiger partial charge in [-0.3, -0.25) is 9.48 Å². The van der Waals surface area contributed by atoms with Crippen molar-refractivity contribution in [2.24, 2.45) is 13.0 Å². The van der Waals surface area contributed by atoms with Crippen molar-refractivity contribution < 1.29 is 4.79 Å². The molecule has 3 rings (SSSR count). The molecule has 0 saturated carbocycles. The average molecular weight is 311 g/mol. The summed E-state index contributed by atoms with van der Waals surface area (Å²) in [6.45, 7) is 10.6. The van der Waals surface area contributed by atoms with Gasteiger partial charge in [0.1, 0.15) is 0 Å². The Morgan fingerprint density at radius 2 is 2.04 bits per heavy atom. The van der Waals surface area contributed by atoms with E-state index in [1.807, 2.05) is 33.0 Å². The smallest absolute Gasteiger partial charge is 0.259 e. The number of hydrogen-bond donors (Lipinski definition) is 1. The van der Waals surface area contributed by atoms with Gasteiger partial charge in [0.2, 0.25) is 0 Å². The zero-order valence-electron chi connectivity index (χ0n) is 14.8. The monoisotopic (exact) mass is 311 g/mol. The Morgan fingerprint density at radius 1 is 1.35 bits per heavy atom. The largest absolute Gasteiger partial charge is 0.322 e. The third kappa shape index (κ3) is 2.37.